The van der Waals surface area contributed by atoms with Crippen LogP contribution in [0.25, 0.3) is 11.4 Å². The number of ether oxygens (including phenoxy) is 2. The Morgan fingerprint density at radius 1 is 1.12 bits per heavy atom. The predicted octanol–water partition coefficient (Wildman–Crippen LogP) is 4.97. The van der Waals surface area contributed by atoms with E-state index in [0.29, 0.717) is 29.4 Å². The van der Waals surface area contributed by atoms with Crippen LogP contribution in [0.5, 0.6) is 11.5 Å². The van der Waals surface area contributed by atoms with Crippen LogP contribution >= 0.6 is 11.3 Å². The Kier molecular flexibility index (Phi) is 6.53. The zero-order valence-corrected chi connectivity index (χ0v) is 19.7. The number of benzene rings is 2. The summed E-state index contributed by atoms with van der Waals surface area (Å²) >= 11 is 1.52. The van der Waals surface area contributed by atoms with E-state index < -0.39 is 0 Å². The number of methoxy groups -OCH3 is 1. The summed E-state index contributed by atoms with van der Waals surface area (Å²) in [6.45, 7) is 1.26. The quantitative estimate of drug-likeness (QED) is 0.406. The van der Waals surface area contributed by atoms with Crippen molar-refractivity contribution in [1.82, 2.24) is 19.7 Å². The molecule has 5 rings (SSSR count). The molecule has 0 fully saturated rings. The van der Waals surface area contributed by atoms with Gasteiger partial charge in [-0.1, -0.05) is 18.6 Å². The van der Waals surface area contributed by atoms with Gasteiger partial charge in [0.15, 0.2) is 17.3 Å². The second-order valence-corrected chi connectivity index (χ2v) is 8.79. The summed E-state index contributed by atoms with van der Waals surface area (Å²) in [5.41, 5.74) is 4.70. The second kappa shape index (κ2) is 10.0. The number of aryl methyl sites for hydroxylation is 1. The van der Waals surface area contributed by atoms with Gasteiger partial charge in [0.2, 0.25) is 0 Å². The molecule has 1 amide bonds. The van der Waals surface area contributed by atoms with Crippen LogP contribution in [-0.4, -0.2) is 32.8 Å². The number of hydrogen-bond donors (Lipinski definition) is 1. The zero-order chi connectivity index (χ0) is 23.3. The summed E-state index contributed by atoms with van der Waals surface area (Å²) in [5, 5.41) is 13.7. The Labute approximate surface area is 201 Å². The number of nitrogens with one attached hydrogen (secondary N) is 1. The lowest BCUT2D eigenvalue weighted by atomic mass is 10.1. The molecule has 1 aliphatic rings. The van der Waals surface area contributed by atoms with Crippen LogP contribution in [0.15, 0.2) is 53.4 Å². The van der Waals surface area contributed by atoms with Gasteiger partial charge < -0.3 is 19.4 Å². The van der Waals surface area contributed by atoms with E-state index in [-0.39, 0.29) is 5.91 Å². The number of rotatable bonds is 7. The van der Waals surface area contributed by atoms with Crippen molar-refractivity contribution in [2.75, 3.05) is 12.4 Å². The average Bonchev–Trinajstić information content (AvgIpc) is 3.47. The van der Waals surface area contributed by atoms with Gasteiger partial charge in [0, 0.05) is 35.2 Å². The first-order chi connectivity index (χ1) is 16.7. The standard InChI is InChI=1S/C25H25N5O3S/c1-32-22-13-18(9-10-21(22)33-14-20-15-34-16-26-20)25(31)27-19-7-5-6-17(12-19)24-29-28-23-8-3-2-4-11-30(23)24/h5-7,9-10,12-13,15-16H,2-4,8,11,14H2,1H3,(H,27,31). The van der Waals surface area contributed by atoms with Crippen molar-refractivity contribution in [3.63, 3.8) is 0 Å². The Hall–Kier alpha value is -3.72. The van der Waals surface area contributed by atoms with E-state index in [4.69, 9.17) is 9.47 Å². The summed E-state index contributed by atoms with van der Waals surface area (Å²) in [6.07, 6.45) is 4.43. The molecule has 174 valence electrons. The number of carbonyl (C=O) groups excluding carboxylic acids is 1. The Balaban J connectivity index is 1.31. The number of aromatic nitrogens is 4. The maximum Gasteiger partial charge on any atom is 0.255 e. The van der Waals surface area contributed by atoms with Gasteiger partial charge in [-0.2, -0.15) is 0 Å². The Morgan fingerprint density at radius 2 is 2.06 bits per heavy atom. The third-order valence-electron chi connectivity index (χ3n) is 5.77. The average molecular weight is 476 g/mol. The van der Waals surface area contributed by atoms with Crippen LogP contribution in [0.1, 0.15) is 41.1 Å². The zero-order valence-electron chi connectivity index (χ0n) is 18.9. The van der Waals surface area contributed by atoms with Crippen LogP contribution in [0.4, 0.5) is 5.69 Å². The number of thiazole rings is 1. The number of anilines is 1. The molecule has 0 saturated heterocycles. The number of amides is 1. The highest BCUT2D eigenvalue weighted by atomic mass is 32.1. The van der Waals surface area contributed by atoms with Crippen LogP contribution in [0.2, 0.25) is 0 Å². The van der Waals surface area contributed by atoms with Gasteiger partial charge in [-0.05, 0) is 43.2 Å². The molecule has 1 N–H and O–H groups in total. The number of fused-ring (bicyclic) bond motifs is 1. The van der Waals surface area contributed by atoms with E-state index >= 15 is 0 Å². The molecule has 3 heterocycles. The molecule has 0 bridgehead atoms. The highest BCUT2D eigenvalue weighted by Crippen LogP contribution is 2.30. The fraction of sp³-hybridized carbons (Fsp3) is 0.280. The number of hydrogen-bond acceptors (Lipinski definition) is 7. The molecule has 0 aliphatic carbocycles. The minimum Gasteiger partial charge on any atom is -0.493 e. The van der Waals surface area contributed by atoms with Gasteiger partial charge in [-0.25, -0.2) is 4.98 Å². The minimum absolute atomic E-state index is 0.235. The first-order valence-electron chi connectivity index (χ1n) is 11.2. The smallest absolute Gasteiger partial charge is 0.255 e. The normalized spacial score (nSPS) is 13.1. The molecule has 1 aliphatic heterocycles. The van der Waals surface area contributed by atoms with Crippen molar-refractivity contribution in [3.05, 3.63) is 70.4 Å². The van der Waals surface area contributed by atoms with Gasteiger partial charge in [0.25, 0.3) is 5.91 Å². The fourth-order valence-corrected chi connectivity index (χ4v) is 4.57. The highest BCUT2D eigenvalue weighted by molar-refractivity contribution is 7.07. The SMILES string of the molecule is COc1cc(C(=O)Nc2cccc(-c3nnc4n3CCCCC4)c2)ccc1OCc1cscn1. The van der Waals surface area contributed by atoms with Crippen LogP contribution in [-0.2, 0) is 19.6 Å². The molecule has 0 saturated carbocycles. The third kappa shape index (κ3) is 4.79. The molecule has 0 atom stereocenters. The van der Waals surface area contributed by atoms with Crippen molar-refractivity contribution in [3.8, 4) is 22.9 Å². The number of nitrogens with zero attached hydrogens (tertiary/aromatic N) is 4. The molecule has 2 aromatic heterocycles. The van der Waals surface area contributed by atoms with E-state index in [1.807, 2.05) is 29.6 Å². The van der Waals surface area contributed by atoms with E-state index in [0.717, 1.165) is 48.7 Å². The molecule has 0 radical (unpaired) electrons. The lowest BCUT2D eigenvalue weighted by molar-refractivity contribution is 0.102. The van der Waals surface area contributed by atoms with Crippen molar-refractivity contribution >= 4 is 22.9 Å². The summed E-state index contributed by atoms with van der Waals surface area (Å²) < 4.78 is 13.5. The maximum absolute atomic E-state index is 13.0. The van der Waals surface area contributed by atoms with Crippen molar-refractivity contribution in [1.29, 1.82) is 0 Å². The molecule has 4 aromatic rings. The van der Waals surface area contributed by atoms with E-state index in [2.05, 4.69) is 25.1 Å². The maximum atomic E-state index is 13.0. The van der Waals surface area contributed by atoms with Crippen LogP contribution in [0, 0.1) is 0 Å². The van der Waals surface area contributed by atoms with Crippen molar-refractivity contribution in [2.24, 2.45) is 0 Å². The molecule has 0 unspecified atom stereocenters. The van der Waals surface area contributed by atoms with Gasteiger partial charge >= 0.3 is 0 Å². The van der Waals surface area contributed by atoms with Gasteiger partial charge in [0.05, 0.1) is 18.3 Å². The Morgan fingerprint density at radius 3 is 2.91 bits per heavy atom. The summed E-state index contributed by atoms with van der Waals surface area (Å²) in [4.78, 5) is 17.2. The minimum atomic E-state index is -0.235. The van der Waals surface area contributed by atoms with Crippen LogP contribution < -0.4 is 14.8 Å². The van der Waals surface area contributed by atoms with Crippen molar-refractivity contribution < 1.29 is 14.3 Å². The molecule has 9 heteroatoms. The summed E-state index contributed by atoms with van der Waals surface area (Å²) in [7, 11) is 1.55. The van der Waals surface area contributed by atoms with E-state index in [1.165, 1.54) is 17.8 Å². The molecule has 34 heavy (non-hydrogen) atoms. The summed E-state index contributed by atoms with van der Waals surface area (Å²) in [6, 6.07) is 12.8. The largest absolute Gasteiger partial charge is 0.493 e. The molecule has 0 spiro atoms. The first-order valence-corrected chi connectivity index (χ1v) is 12.2. The van der Waals surface area contributed by atoms with Gasteiger partial charge in [0.1, 0.15) is 12.4 Å². The third-order valence-corrected chi connectivity index (χ3v) is 6.41. The fourth-order valence-electron chi connectivity index (χ4n) is 4.03. The Bertz CT molecular complexity index is 1290. The second-order valence-electron chi connectivity index (χ2n) is 8.07. The predicted molar refractivity (Wildman–Crippen MR) is 130 cm³/mol. The first kappa shape index (κ1) is 22.1. The lowest BCUT2D eigenvalue weighted by Crippen LogP contribution is -2.12. The van der Waals surface area contributed by atoms with E-state index in [9.17, 15) is 4.79 Å². The molecular weight excluding hydrogens is 450 g/mol. The van der Waals surface area contributed by atoms with Crippen LogP contribution in [0.3, 0.4) is 0 Å². The highest BCUT2D eigenvalue weighted by Gasteiger charge is 2.17. The molecular formula is C25H25N5O3S. The summed E-state index contributed by atoms with van der Waals surface area (Å²) in [5.74, 6) is 2.69. The van der Waals surface area contributed by atoms with Gasteiger partial charge in [-0.15, -0.1) is 21.5 Å². The van der Waals surface area contributed by atoms with Crippen molar-refractivity contribution in [2.45, 2.75) is 38.8 Å². The van der Waals surface area contributed by atoms with Gasteiger partial charge in [-0.3, -0.25) is 4.79 Å². The lowest BCUT2D eigenvalue weighted by Gasteiger charge is -2.12. The molecule has 8 nitrogen and oxygen atoms in total. The monoisotopic (exact) mass is 475 g/mol. The van der Waals surface area contributed by atoms with E-state index in [1.54, 1.807) is 30.8 Å². The molecule has 2 aromatic carbocycles. The topological polar surface area (TPSA) is 91.2 Å². The number of carbonyl (C=O) groups is 1.